The Morgan fingerprint density at radius 3 is 2.55 bits per heavy atom. The molecule has 0 radical (unpaired) electrons. The van der Waals surface area contributed by atoms with E-state index in [1.165, 1.54) is 0 Å². The molecule has 0 saturated heterocycles. The van der Waals surface area contributed by atoms with Crippen molar-refractivity contribution >= 4 is 16.9 Å². The van der Waals surface area contributed by atoms with Gasteiger partial charge in [-0.1, -0.05) is 0 Å². The van der Waals surface area contributed by atoms with Crippen LogP contribution in [-0.4, -0.2) is 27.0 Å². The summed E-state index contributed by atoms with van der Waals surface area (Å²) in [7, 11) is 1.63. The Bertz CT molecular complexity index is 788. The van der Waals surface area contributed by atoms with Crippen molar-refractivity contribution in [2.24, 2.45) is 0 Å². The topological polar surface area (TPSA) is 63.6 Å². The molecule has 6 heteroatoms. The van der Waals surface area contributed by atoms with Crippen molar-refractivity contribution in [1.82, 2.24) is 19.9 Å². The summed E-state index contributed by atoms with van der Waals surface area (Å²) < 4.78 is 13.7. The average Bonchev–Trinajstić information content (AvgIpc) is 2.49. The van der Waals surface area contributed by atoms with Gasteiger partial charge in [0.05, 0.1) is 16.7 Å². The molecular weight excluding hydrogens is 257 g/mol. The monoisotopic (exact) mass is 269 g/mol. The maximum absolute atomic E-state index is 13.7. The van der Waals surface area contributed by atoms with Crippen LogP contribution in [0.4, 0.5) is 10.2 Å². The van der Waals surface area contributed by atoms with E-state index < -0.39 is 5.82 Å². The highest BCUT2D eigenvalue weighted by molar-refractivity contribution is 5.79. The Morgan fingerprint density at radius 2 is 1.80 bits per heavy atom. The maximum Gasteiger partial charge on any atom is 0.186 e. The molecule has 0 fully saturated rings. The number of aryl methyl sites for hydroxylation is 1. The van der Waals surface area contributed by atoms with Gasteiger partial charge in [-0.25, -0.2) is 14.4 Å². The summed E-state index contributed by atoms with van der Waals surface area (Å²) in [6.45, 7) is 1.61. The number of fused-ring (bicyclic) bond motifs is 1. The summed E-state index contributed by atoms with van der Waals surface area (Å²) in [6, 6.07) is 5.54. The zero-order chi connectivity index (χ0) is 14.1. The van der Waals surface area contributed by atoms with Gasteiger partial charge in [-0.15, -0.1) is 0 Å². The second-order valence-electron chi connectivity index (χ2n) is 4.31. The lowest BCUT2D eigenvalue weighted by molar-refractivity contribution is 0.607. The molecule has 5 nitrogen and oxygen atoms in total. The van der Waals surface area contributed by atoms with Crippen LogP contribution in [-0.2, 0) is 0 Å². The van der Waals surface area contributed by atoms with E-state index in [0.717, 1.165) is 16.6 Å². The van der Waals surface area contributed by atoms with Crippen LogP contribution in [0, 0.1) is 12.7 Å². The zero-order valence-corrected chi connectivity index (χ0v) is 11.1. The van der Waals surface area contributed by atoms with Gasteiger partial charge in [0, 0.05) is 25.0 Å². The largest absolute Gasteiger partial charge is 0.371 e. The van der Waals surface area contributed by atoms with Gasteiger partial charge in [0.15, 0.2) is 17.5 Å². The van der Waals surface area contributed by atoms with Crippen molar-refractivity contribution in [1.29, 1.82) is 0 Å². The fraction of sp³-hybridized carbons (Fsp3) is 0.143. The first-order valence-corrected chi connectivity index (χ1v) is 6.12. The minimum atomic E-state index is -0.433. The van der Waals surface area contributed by atoms with Crippen LogP contribution in [0.25, 0.3) is 22.4 Å². The van der Waals surface area contributed by atoms with E-state index in [4.69, 9.17) is 0 Å². The zero-order valence-electron chi connectivity index (χ0n) is 11.1. The van der Waals surface area contributed by atoms with Crippen LogP contribution in [0.15, 0.2) is 30.6 Å². The number of halogens is 1. The number of aromatic nitrogens is 4. The van der Waals surface area contributed by atoms with Crippen molar-refractivity contribution in [3.8, 4) is 11.4 Å². The predicted molar refractivity (Wildman–Crippen MR) is 74.8 cm³/mol. The van der Waals surface area contributed by atoms with Gasteiger partial charge >= 0.3 is 0 Å². The van der Waals surface area contributed by atoms with Crippen LogP contribution in [0.5, 0.6) is 0 Å². The number of nitrogens with one attached hydrogen (secondary N) is 1. The molecule has 0 atom stereocenters. The van der Waals surface area contributed by atoms with E-state index >= 15 is 0 Å². The first kappa shape index (κ1) is 12.4. The number of anilines is 1. The van der Waals surface area contributed by atoms with Crippen molar-refractivity contribution in [2.75, 3.05) is 12.4 Å². The number of hydrogen-bond donors (Lipinski definition) is 1. The third kappa shape index (κ3) is 2.05. The molecule has 0 aliphatic heterocycles. The van der Waals surface area contributed by atoms with Gasteiger partial charge in [-0.2, -0.15) is 0 Å². The molecule has 3 aromatic rings. The van der Waals surface area contributed by atoms with Gasteiger partial charge in [-0.05, 0) is 25.1 Å². The third-order valence-corrected chi connectivity index (χ3v) is 2.98. The maximum atomic E-state index is 13.7. The Morgan fingerprint density at radius 1 is 1.05 bits per heavy atom. The molecule has 20 heavy (non-hydrogen) atoms. The van der Waals surface area contributed by atoms with Crippen LogP contribution >= 0.6 is 0 Å². The minimum absolute atomic E-state index is 0.187. The molecule has 0 unspecified atom stereocenters. The van der Waals surface area contributed by atoms with Crippen LogP contribution < -0.4 is 5.32 Å². The summed E-state index contributed by atoms with van der Waals surface area (Å²) in [4.78, 5) is 16.8. The fourth-order valence-electron chi connectivity index (χ4n) is 1.96. The SMILES string of the molecule is CNc1nc(-c2ccc3nccnc3c2)nc(C)c1F. The van der Waals surface area contributed by atoms with E-state index in [1.807, 2.05) is 18.2 Å². The molecule has 0 aliphatic carbocycles. The summed E-state index contributed by atoms with van der Waals surface area (Å²) in [5, 5.41) is 2.73. The highest BCUT2D eigenvalue weighted by Gasteiger charge is 2.12. The molecule has 0 saturated carbocycles. The molecular formula is C14H12FN5. The minimum Gasteiger partial charge on any atom is -0.371 e. The smallest absolute Gasteiger partial charge is 0.186 e. The van der Waals surface area contributed by atoms with E-state index in [-0.39, 0.29) is 5.82 Å². The highest BCUT2D eigenvalue weighted by atomic mass is 19.1. The molecule has 0 aliphatic rings. The Labute approximate surface area is 114 Å². The summed E-state index contributed by atoms with van der Waals surface area (Å²) >= 11 is 0. The predicted octanol–water partition coefficient (Wildman–Crippen LogP) is 2.58. The fourth-order valence-corrected chi connectivity index (χ4v) is 1.96. The number of nitrogens with zero attached hydrogens (tertiary/aromatic N) is 4. The molecule has 3 rings (SSSR count). The quantitative estimate of drug-likeness (QED) is 0.774. The van der Waals surface area contributed by atoms with E-state index in [1.54, 1.807) is 26.4 Å². The van der Waals surface area contributed by atoms with Crippen molar-refractivity contribution in [2.45, 2.75) is 6.92 Å². The Kier molecular flexibility index (Phi) is 2.98. The number of hydrogen-bond acceptors (Lipinski definition) is 5. The molecule has 100 valence electrons. The van der Waals surface area contributed by atoms with Crippen LogP contribution in [0.1, 0.15) is 5.69 Å². The number of rotatable bonds is 2. The second kappa shape index (κ2) is 4.80. The summed E-state index contributed by atoms with van der Waals surface area (Å²) in [6.07, 6.45) is 3.27. The van der Waals surface area contributed by atoms with Gasteiger partial charge in [0.2, 0.25) is 0 Å². The summed E-state index contributed by atoms with van der Waals surface area (Å²) in [5.41, 5.74) is 2.63. The lowest BCUT2D eigenvalue weighted by atomic mass is 10.1. The molecule has 1 aromatic carbocycles. The average molecular weight is 269 g/mol. The first-order chi connectivity index (χ1) is 9.69. The van der Waals surface area contributed by atoms with E-state index in [9.17, 15) is 4.39 Å². The van der Waals surface area contributed by atoms with Crippen LogP contribution in [0.2, 0.25) is 0 Å². The second-order valence-corrected chi connectivity index (χ2v) is 4.31. The lowest BCUT2D eigenvalue weighted by Gasteiger charge is -2.07. The molecule has 0 bridgehead atoms. The molecule has 0 spiro atoms. The third-order valence-electron chi connectivity index (χ3n) is 2.98. The standard InChI is InChI=1S/C14H12FN5/c1-8-12(15)14(16-2)20-13(19-8)9-3-4-10-11(7-9)18-6-5-17-10/h3-7H,1-2H3,(H,16,19,20). The Hall–Kier alpha value is -2.63. The van der Waals surface area contributed by atoms with Crippen molar-refractivity contribution in [3.63, 3.8) is 0 Å². The Balaban J connectivity index is 2.17. The first-order valence-electron chi connectivity index (χ1n) is 6.12. The van der Waals surface area contributed by atoms with E-state index in [2.05, 4.69) is 25.3 Å². The molecule has 2 aromatic heterocycles. The highest BCUT2D eigenvalue weighted by Crippen LogP contribution is 2.23. The molecule has 2 heterocycles. The van der Waals surface area contributed by atoms with Gasteiger partial charge in [0.1, 0.15) is 0 Å². The van der Waals surface area contributed by atoms with Gasteiger partial charge < -0.3 is 5.32 Å². The van der Waals surface area contributed by atoms with Crippen molar-refractivity contribution < 1.29 is 4.39 Å². The molecule has 1 N–H and O–H groups in total. The number of benzene rings is 1. The van der Waals surface area contributed by atoms with Gasteiger partial charge in [-0.3, -0.25) is 9.97 Å². The van der Waals surface area contributed by atoms with Gasteiger partial charge in [0.25, 0.3) is 0 Å². The van der Waals surface area contributed by atoms with E-state index in [0.29, 0.717) is 11.5 Å². The lowest BCUT2D eigenvalue weighted by Crippen LogP contribution is -2.03. The normalized spacial score (nSPS) is 10.8. The van der Waals surface area contributed by atoms with Crippen molar-refractivity contribution in [3.05, 3.63) is 42.1 Å². The molecule has 0 amide bonds. The van der Waals surface area contributed by atoms with Crippen LogP contribution in [0.3, 0.4) is 0 Å². The summed E-state index contributed by atoms with van der Waals surface area (Å²) in [5.74, 6) is 0.212.